The van der Waals surface area contributed by atoms with Crippen molar-refractivity contribution in [2.45, 2.75) is 31.1 Å². The first-order valence-electron chi connectivity index (χ1n) is 7.38. The first-order chi connectivity index (χ1) is 9.72. The maximum absolute atomic E-state index is 12.5. The Bertz CT molecular complexity index is 470. The highest BCUT2D eigenvalue weighted by molar-refractivity contribution is 8.00. The molecule has 2 fully saturated rings. The Morgan fingerprint density at radius 1 is 1.30 bits per heavy atom. The summed E-state index contributed by atoms with van der Waals surface area (Å²) in [5.74, 6) is 1.25. The van der Waals surface area contributed by atoms with Gasteiger partial charge < -0.3 is 9.64 Å². The van der Waals surface area contributed by atoms with Crippen LogP contribution in [-0.4, -0.2) is 41.2 Å². The second-order valence-corrected chi connectivity index (χ2v) is 6.89. The van der Waals surface area contributed by atoms with Crippen molar-refractivity contribution in [2.75, 3.05) is 25.4 Å². The van der Waals surface area contributed by atoms with E-state index < -0.39 is 0 Å². The molecule has 2 saturated heterocycles. The normalized spacial score (nSPS) is 21.4. The van der Waals surface area contributed by atoms with E-state index in [0.29, 0.717) is 0 Å². The highest BCUT2D eigenvalue weighted by Crippen LogP contribution is 2.41. The van der Waals surface area contributed by atoms with Crippen LogP contribution in [0.3, 0.4) is 0 Å². The molecule has 1 aromatic carbocycles. The minimum absolute atomic E-state index is 0.00283. The quantitative estimate of drug-likeness (QED) is 0.839. The molecule has 0 saturated carbocycles. The monoisotopic (exact) mass is 291 g/mol. The zero-order valence-corrected chi connectivity index (χ0v) is 12.7. The first-order valence-corrected chi connectivity index (χ1v) is 8.37. The largest absolute Gasteiger partial charge is 0.363 e. The summed E-state index contributed by atoms with van der Waals surface area (Å²) in [6.07, 6.45) is 2.92. The number of aryl methyl sites for hydroxylation is 1. The van der Waals surface area contributed by atoms with Gasteiger partial charge in [-0.3, -0.25) is 4.79 Å². The maximum Gasteiger partial charge on any atom is 0.253 e. The molecule has 2 aliphatic rings. The van der Waals surface area contributed by atoms with E-state index in [1.165, 1.54) is 5.56 Å². The molecule has 0 aromatic heterocycles. The molecular formula is C16H21NO2S. The van der Waals surface area contributed by atoms with Crippen molar-refractivity contribution in [3.8, 4) is 0 Å². The average Bonchev–Trinajstić information content (AvgIpc) is 2.96. The predicted molar refractivity (Wildman–Crippen MR) is 82.1 cm³/mol. The van der Waals surface area contributed by atoms with Crippen molar-refractivity contribution in [3.05, 3.63) is 35.4 Å². The lowest BCUT2D eigenvalue weighted by Gasteiger charge is -2.37. The van der Waals surface area contributed by atoms with Gasteiger partial charge in [0.2, 0.25) is 0 Å². The van der Waals surface area contributed by atoms with Gasteiger partial charge in [0.25, 0.3) is 5.91 Å². The second-order valence-electron chi connectivity index (χ2n) is 5.45. The molecule has 0 aliphatic carbocycles. The summed E-state index contributed by atoms with van der Waals surface area (Å²) in [7, 11) is 0. The molecule has 3 rings (SSSR count). The summed E-state index contributed by atoms with van der Waals surface area (Å²) in [6.45, 7) is 4.60. The van der Waals surface area contributed by atoms with Crippen LogP contribution in [0.15, 0.2) is 24.3 Å². The van der Waals surface area contributed by atoms with Gasteiger partial charge >= 0.3 is 0 Å². The van der Waals surface area contributed by atoms with Gasteiger partial charge in [0.05, 0.1) is 6.61 Å². The fourth-order valence-electron chi connectivity index (χ4n) is 2.90. The number of piperidine rings is 1. The minimum atomic E-state index is 0.00283. The molecule has 108 valence electrons. The number of benzene rings is 1. The van der Waals surface area contributed by atoms with E-state index in [9.17, 15) is 4.79 Å². The number of ether oxygens (including phenoxy) is 1. The number of nitrogens with zero attached hydrogens (tertiary/aromatic N) is 1. The lowest BCUT2D eigenvalue weighted by Crippen LogP contribution is -2.45. The molecule has 2 heterocycles. The highest BCUT2D eigenvalue weighted by Gasteiger charge is 2.40. The van der Waals surface area contributed by atoms with Crippen molar-refractivity contribution in [2.24, 2.45) is 0 Å². The summed E-state index contributed by atoms with van der Waals surface area (Å²) >= 11 is 1.92. The van der Waals surface area contributed by atoms with E-state index >= 15 is 0 Å². The third-order valence-electron chi connectivity index (χ3n) is 4.24. The topological polar surface area (TPSA) is 29.5 Å². The van der Waals surface area contributed by atoms with Crippen molar-refractivity contribution < 1.29 is 9.53 Å². The Hall–Kier alpha value is -1.00. The number of likely N-dealkylation sites (tertiary alicyclic amines) is 1. The smallest absolute Gasteiger partial charge is 0.253 e. The molecule has 1 amide bonds. The number of carbonyl (C=O) groups is 1. The van der Waals surface area contributed by atoms with Crippen LogP contribution in [0.4, 0.5) is 0 Å². The number of hydrogen-bond acceptors (Lipinski definition) is 3. The summed E-state index contributed by atoms with van der Waals surface area (Å²) in [4.78, 5) is 14.5. The standard InChI is InChI=1S/C16H21NO2S/c1-2-13-3-5-14(6-4-13)15(18)17-9-7-16(8-10-17)19-11-12-20-16/h3-6H,2,7-12H2,1H3. The zero-order chi connectivity index (χ0) is 14.0. The van der Waals surface area contributed by atoms with Gasteiger partial charge in [-0.25, -0.2) is 0 Å². The lowest BCUT2D eigenvalue weighted by molar-refractivity contribution is 0.00353. The first kappa shape index (κ1) is 14.0. The van der Waals surface area contributed by atoms with Crippen molar-refractivity contribution >= 4 is 17.7 Å². The predicted octanol–water partition coefficient (Wildman–Crippen LogP) is 2.94. The van der Waals surface area contributed by atoms with E-state index in [1.54, 1.807) is 0 Å². The number of thioether (sulfide) groups is 1. The van der Waals surface area contributed by atoms with Gasteiger partial charge in [-0.05, 0) is 24.1 Å². The van der Waals surface area contributed by atoms with Gasteiger partial charge in [0, 0.05) is 37.2 Å². The fourth-order valence-corrected chi connectivity index (χ4v) is 4.08. The van der Waals surface area contributed by atoms with E-state index in [1.807, 2.05) is 28.8 Å². The van der Waals surface area contributed by atoms with Crippen LogP contribution in [0.25, 0.3) is 0 Å². The SMILES string of the molecule is CCc1ccc(C(=O)N2CCC3(CC2)OCCS3)cc1. The molecule has 0 unspecified atom stereocenters. The molecular weight excluding hydrogens is 270 g/mol. The zero-order valence-electron chi connectivity index (χ0n) is 11.9. The third-order valence-corrected chi connectivity index (χ3v) is 5.66. The Labute approximate surface area is 124 Å². The van der Waals surface area contributed by atoms with Gasteiger partial charge in [0.15, 0.2) is 0 Å². The molecule has 4 heteroatoms. The van der Waals surface area contributed by atoms with Crippen LogP contribution in [-0.2, 0) is 11.2 Å². The molecule has 1 aromatic rings. The molecule has 0 radical (unpaired) electrons. The van der Waals surface area contributed by atoms with Crippen molar-refractivity contribution in [1.29, 1.82) is 0 Å². The van der Waals surface area contributed by atoms with Gasteiger partial charge in [-0.1, -0.05) is 19.1 Å². The third kappa shape index (κ3) is 2.72. The van der Waals surface area contributed by atoms with Crippen LogP contribution in [0, 0.1) is 0 Å². The van der Waals surface area contributed by atoms with Gasteiger partial charge in [-0.15, -0.1) is 11.8 Å². The Morgan fingerprint density at radius 3 is 2.55 bits per heavy atom. The molecule has 0 atom stereocenters. The van der Waals surface area contributed by atoms with E-state index in [0.717, 1.165) is 50.3 Å². The molecule has 3 nitrogen and oxygen atoms in total. The summed E-state index contributed by atoms with van der Waals surface area (Å²) in [5.41, 5.74) is 2.08. The van der Waals surface area contributed by atoms with E-state index in [2.05, 4.69) is 19.1 Å². The van der Waals surface area contributed by atoms with Crippen LogP contribution in [0.2, 0.25) is 0 Å². The number of hydrogen-bond donors (Lipinski definition) is 0. The molecule has 0 N–H and O–H groups in total. The Kier molecular flexibility index (Phi) is 4.03. The molecule has 0 bridgehead atoms. The second kappa shape index (κ2) is 5.78. The summed E-state index contributed by atoms with van der Waals surface area (Å²) in [6, 6.07) is 8.00. The van der Waals surface area contributed by atoms with E-state index in [-0.39, 0.29) is 10.8 Å². The summed E-state index contributed by atoms with van der Waals surface area (Å²) in [5, 5.41) is 0. The number of carbonyl (C=O) groups excluding carboxylic acids is 1. The van der Waals surface area contributed by atoms with Crippen molar-refractivity contribution in [1.82, 2.24) is 4.90 Å². The van der Waals surface area contributed by atoms with Crippen molar-refractivity contribution in [3.63, 3.8) is 0 Å². The van der Waals surface area contributed by atoms with Crippen LogP contribution >= 0.6 is 11.8 Å². The number of amides is 1. The Morgan fingerprint density at radius 2 is 2.00 bits per heavy atom. The number of rotatable bonds is 2. The maximum atomic E-state index is 12.5. The molecule has 1 spiro atoms. The lowest BCUT2D eigenvalue weighted by atomic mass is 10.0. The fraction of sp³-hybridized carbons (Fsp3) is 0.562. The minimum Gasteiger partial charge on any atom is -0.363 e. The summed E-state index contributed by atoms with van der Waals surface area (Å²) < 4.78 is 5.87. The average molecular weight is 291 g/mol. The van der Waals surface area contributed by atoms with Crippen LogP contribution in [0.5, 0.6) is 0 Å². The van der Waals surface area contributed by atoms with Gasteiger partial charge in [-0.2, -0.15) is 0 Å². The van der Waals surface area contributed by atoms with E-state index in [4.69, 9.17) is 4.74 Å². The highest BCUT2D eigenvalue weighted by atomic mass is 32.2. The molecule has 2 aliphatic heterocycles. The Balaban J connectivity index is 1.63. The van der Waals surface area contributed by atoms with Crippen LogP contribution in [0.1, 0.15) is 35.7 Å². The van der Waals surface area contributed by atoms with Crippen LogP contribution < -0.4 is 0 Å². The molecule has 20 heavy (non-hydrogen) atoms. The van der Waals surface area contributed by atoms with Gasteiger partial charge in [0.1, 0.15) is 4.93 Å².